The number of hydrogen-bond acceptors (Lipinski definition) is 2. The van der Waals surface area contributed by atoms with Gasteiger partial charge in [0, 0.05) is 12.6 Å². The maximum atomic E-state index is 13.3. The second-order valence-electron chi connectivity index (χ2n) is 3.65. The Morgan fingerprint density at radius 2 is 2.06 bits per heavy atom. The molecule has 0 aliphatic rings. The first-order valence-electron chi connectivity index (χ1n) is 5.63. The van der Waals surface area contributed by atoms with E-state index in [0.29, 0.717) is 17.6 Å². The van der Waals surface area contributed by atoms with Crippen molar-refractivity contribution in [3.8, 4) is 5.75 Å². The van der Waals surface area contributed by atoms with Crippen molar-refractivity contribution in [1.82, 2.24) is 5.32 Å². The molecule has 0 bridgehead atoms. The Balaban J connectivity index is 2.36. The number of unbranched alkanes of at least 4 members (excludes halogenated alkanes) is 1. The molecular weight excluding hydrogens is 292 g/mol. The SMILES string of the molecule is CCCCNCCOc1c(F)cc(F)cc1Br. The lowest BCUT2D eigenvalue weighted by atomic mass is 10.3. The van der Waals surface area contributed by atoms with Gasteiger partial charge in [0.1, 0.15) is 12.4 Å². The molecule has 0 radical (unpaired) electrons. The largest absolute Gasteiger partial charge is 0.488 e. The first-order chi connectivity index (χ1) is 8.15. The molecule has 0 aliphatic carbocycles. The van der Waals surface area contributed by atoms with E-state index >= 15 is 0 Å². The third-order valence-electron chi connectivity index (χ3n) is 2.20. The zero-order valence-corrected chi connectivity index (χ0v) is 11.3. The molecule has 0 aromatic heterocycles. The van der Waals surface area contributed by atoms with Gasteiger partial charge in [0.15, 0.2) is 11.6 Å². The molecule has 0 heterocycles. The molecule has 0 spiro atoms. The van der Waals surface area contributed by atoms with E-state index in [4.69, 9.17) is 4.74 Å². The fourth-order valence-corrected chi connectivity index (χ4v) is 1.84. The van der Waals surface area contributed by atoms with E-state index in [2.05, 4.69) is 28.2 Å². The molecule has 2 nitrogen and oxygen atoms in total. The van der Waals surface area contributed by atoms with Gasteiger partial charge in [0.2, 0.25) is 0 Å². The molecule has 1 N–H and O–H groups in total. The van der Waals surface area contributed by atoms with Crippen molar-refractivity contribution in [3.63, 3.8) is 0 Å². The lowest BCUT2D eigenvalue weighted by Gasteiger charge is -2.10. The monoisotopic (exact) mass is 307 g/mol. The van der Waals surface area contributed by atoms with E-state index < -0.39 is 11.6 Å². The van der Waals surface area contributed by atoms with Crippen LogP contribution in [0.2, 0.25) is 0 Å². The summed E-state index contributed by atoms with van der Waals surface area (Å²) in [5.74, 6) is -1.25. The average Bonchev–Trinajstić information content (AvgIpc) is 2.26. The molecule has 0 unspecified atom stereocenters. The minimum absolute atomic E-state index is 0.0590. The summed E-state index contributed by atoms with van der Waals surface area (Å²) in [7, 11) is 0. The van der Waals surface area contributed by atoms with Crippen LogP contribution in [0.3, 0.4) is 0 Å². The highest BCUT2D eigenvalue weighted by Crippen LogP contribution is 2.28. The Bertz CT molecular complexity index is 337. The Kier molecular flexibility index (Phi) is 6.44. The van der Waals surface area contributed by atoms with E-state index in [-0.39, 0.29) is 5.75 Å². The highest BCUT2D eigenvalue weighted by Gasteiger charge is 2.10. The van der Waals surface area contributed by atoms with Crippen molar-refractivity contribution in [2.24, 2.45) is 0 Å². The zero-order valence-electron chi connectivity index (χ0n) is 9.73. The van der Waals surface area contributed by atoms with Gasteiger partial charge in [0.05, 0.1) is 4.47 Å². The molecule has 0 amide bonds. The van der Waals surface area contributed by atoms with Crippen LogP contribution in [0.4, 0.5) is 8.78 Å². The Hall–Kier alpha value is -0.680. The summed E-state index contributed by atoms with van der Waals surface area (Å²) in [6.45, 7) is 4.03. The second-order valence-corrected chi connectivity index (χ2v) is 4.50. The van der Waals surface area contributed by atoms with Gasteiger partial charge in [-0.1, -0.05) is 13.3 Å². The number of rotatable bonds is 7. The van der Waals surface area contributed by atoms with Crippen molar-refractivity contribution in [1.29, 1.82) is 0 Å². The molecule has 1 rings (SSSR count). The average molecular weight is 308 g/mol. The summed E-state index contributed by atoms with van der Waals surface area (Å²) in [5, 5.41) is 3.17. The van der Waals surface area contributed by atoms with Gasteiger partial charge in [-0.3, -0.25) is 0 Å². The van der Waals surface area contributed by atoms with Crippen LogP contribution in [-0.4, -0.2) is 19.7 Å². The highest BCUT2D eigenvalue weighted by atomic mass is 79.9. The topological polar surface area (TPSA) is 21.3 Å². The lowest BCUT2D eigenvalue weighted by Crippen LogP contribution is -2.22. The van der Waals surface area contributed by atoms with Crippen LogP contribution >= 0.6 is 15.9 Å². The van der Waals surface area contributed by atoms with Gasteiger partial charge < -0.3 is 10.1 Å². The molecule has 1 aromatic rings. The van der Waals surface area contributed by atoms with Crippen LogP contribution in [0.25, 0.3) is 0 Å². The fraction of sp³-hybridized carbons (Fsp3) is 0.500. The summed E-state index contributed by atoms with van der Waals surface area (Å²) < 4.78 is 31.7. The molecule has 0 atom stereocenters. The zero-order chi connectivity index (χ0) is 12.7. The Morgan fingerprint density at radius 3 is 2.71 bits per heavy atom. The molecular formula is C12H16BrF2NO. The van der Waals surface area contributed by atoms with E-state index in [9.17, 15) is 8.78 Å². The van der Waals surface area contributed by atoms with Gasteiger partial charge in [-0.25, -0.2) is 8.78 Å². The van der Waals surface area contributed by atoms with Crippen LogP contribution in [0.5, 0.6) is 5.75 Å². The van der Waals surface area contributed by atoms with Crippen LogP contribution < -0.4 is 10.1 Å². The summed E-state index contributed by atoms with van der Waals surface area (Å²) in [6, 6.07) is 1.99. The molecule has 0 aliphatic heterocycles. The first kappa shape index (κ1) is 14.4. The number of benzene rings is 1. The van der Waals surface area contributed by atoms with Crippen molar-refractivity contribution in [2.45, 2.75) is 19.8 Å². The number of halogens is 3. The third-order valence-corrected chi connectivity index (χ3v) is 2.78. The van der Waals surface area contributed by atoms with E-state index in [0.717, 1.165) is 25.5 Å². The molecule has 0 saturated heterocycles. The van der Waals surface area contributed by atoms with Crippen LogP contribution in [0.15, 0.2) is 16.6 Å². The maximum absolute atomic E-state index is 13.3. The van der Waals surface area contributed by atoms with Gasteiger partial charge >= 0.3 is 0 Å². The third kappa shape index (κ3) is 5.00. The van der Waals surface area contributed by atoms with E-state index in [1.54, 1.807) is 0 Å². The molecule has 5 heteroatoms. The van der Waals surface area contributed by atoms with Crippen LogP contribution in [0.1, 0.15) is 19.8 Å². The van der Waals surface area contributed by atoms with Crippen molar-refractivity contribution in [3.05, 3.63) is 28.2 Å². The van der Waals surface area contributed by atoms with Gasteiger partial charge in [-0.2, -0.15) is 0 Å². The lowest BCUT2D eigenvalue weighted by molar-refractivity contribution is 0.295. The number of nitrogens with one attached hydrogen (secondary N) is 1. The first-order valence-corrected chi connectivity index (χ1v) is 6.42. The Morgan fingerprint density at radius 1 is 1.29 bits per heavy atom. The molecule has 17 heavy (non-hydrogen) atoms. The van der Waals surface area contributed by atoms with Crippen molar-refractivity contribution >= 4 is 15.9 Å². The predicted octanol–water partition coefficient (Wildman–Crippen LogP) is 3.50. The molecule has 1 aromatic carbocycles. The quantitative estimate of drug-likeness (QED) is 0.779. The normalized spacial score (nSPS) is 10.6. The fourth-order valence-electron chi connectivity index (χ4n) is 1.32. The predicted molar refractivity (Wildman–Crippen MR) is 67.3 cm³/mol. The Labute approximate surface area is 108 Å². The van der Waals surface area contributed by atoms with Gasteiger partial charge in [0.25, 0.3) is 0 Å². The minimum atomic E-state index is -0.689. The van der Waals surface area contributed by atoms with Gasteiger partial charge in [-0.05, 0) is 35.0 Å². The summed E-state index contributed by atoms with van der Waals surface area (Å²) in [4.78, 5) is 0. The van der Waals surface area contributed by atoms with Gasteiger partial charge in [-0.15, -0.1) is 0 Å². The highest BCUT2D eigenvalue weighted by molar-refractivity contribution is 9.10. The number of ether oxygens (including phenoxy) is 1. The second kappa shape index (κ2) is 7.61. The number of hydrogen-bond donors (Lipinski definition) is 1. The summed E-state index contributed by atoms with van der Waals surface area (Å²) in [6.07, 6.45) is 2.24. The van der Waals surface area contributed by atoms with Crippen molar-refractivity contribution in [2.75, 3.05) is 19.7 Å². The maximum Gasteiger partial charge on any atom is 0.169 e. The molecule has 0 saturated carbocycles. The minimum Gasteiger partial charge on any atom is -0.488 e. The van der Waals surface area contributed by atoms with E-state index in [1.807, 2.05) is 0 Å². The van der Waals surface area contributed by atoms with E-state index in [1.165, 1.54) is 6.07 Å². The summed E-state index contributed by atoms with van der Waals surface area (Å²) in [5.41, 5.74) is 0. The standard InChI is InChI=1S/C12H16BrF2NO/c1-2-3-4-16-5-6-17-12-10(13)7-9(14)8-11(12)15/h7-8,16H,2-6H2,1H3. The smallest absolute Gasteiger partial charge is 0.169 e. The van der Waals surface area contributed by atoms with Crippen LogP contribution in [0, 0.1) is 11.6 Å². The molecule has 0 fully saturated rings. The van der Waals surface area contributed by atoms with Crippen molar-refractivity contribution < 1.29 is 13.5 Å². The summed E-state index contributed by atoms with van der Waals surface area (Å²) >= 11 is 3.07. The molecule has 96 valence electrons. The van der Waals surface area contributed by atoms with Crippen LogP contribution in [-0.2, 0) is 0 Å².